The lowest BCUT2D eigenvalue weighted by molar-refractivity contribution is 0.115. The Morgan fingerprint density at radius 1 is 1.20 bits per heavy atom. The van der Waals surface area contributed by atoms with Crippen LogP contribution in [0.1, 0.15) is 44.7 Å². The van der Waals surface area contributed by atoms with E-state index < -0.39 is 0 Å². The Labute approximate surface area is 122 Å². The number of hydrogen-bond donors (Lipinski definition) is 1. The number of hydrogen-bond acceptors (Lipinski definition) is 3. The molecule has 3 atom stereocenters. The van der Waals surface area contributed by atoms with Gasteiger partial charge in [0.25, 0.3) is 0 Å². The van der Waals surface area contributed by atoms with Crippen molar-refractivity contribution in [1.82, 2.24) is 4.90 Å². The summed E-state index contributed by atoms with van der Waals surface area (Å²) in [5.41, 5.74) is 8.79. The molecule has 1 aromatic rings. The van der Waals surface area contributed by atoms with Gasteiger partial charge in [0.15, 0.2) is 0 Å². The number of nitrogens with zero attached hydrogens (tertiary/aromatic N) is 2. The van der Waals surface area contributed by atoms with Crippen LogP contribution in [0.3, 0.4) is 0 Å². The number of piperidine rings is 1. The normalized spacial score (nSPS) is 29.1. The summed E-state index contributed by atoms with van der Waals surface area (Å²) in [7, 11) is 0. The van der Waals surface area contributed by atoms with Crippen LogP contribution in [0.2, 0.25) is 0 Å². The molecule has 0 amide bonds. The molecular formula is C17H27N3. The van der Waals surface area contributed by atoms with Gasteiger partial charge in [-0.3, -0.25) is 4.90 Å². The zero-order chi connectivity index (χ0) is 14.1. The first-order chi connectivity index (χ1) is 9.66. The number of rotatable bonds is 2. The largest absolute Gasteiger partial charge is 0.366 e. The van der Waals surface area contributed by atoms with Crippen LogP contribution in [0, 0.1) is 0 Å². The Morgan fingerprint density at radius 3 is 2.80 bits per heavy atom. The predicted octanol–water partition coefficient (Wildman–Crippen LogP) is 2.77. The zero-order valence-corrected chi connectivity index (χ0v) is 12.8. The number of nitrogens with two attached hydrogens (primary N) is 1. The second kappa shape index (κ2) is 5.74. The molecule has 0 spiro atoms. The minimum Gasteiger partial charge on any atom is -0.366 e. The number of para-hydroxylation sites is 1. The van der Waals surface area contributed by atoms with E-state index in [1.54, 1.807) is 0 Å². The van der Waals surface area contributed by atoms with E-state index in [4.69, 9.17) is 5.73 Å². The molecule has 0 aromatic heterocycles. The summed E-state index contributed by atoms with van der Waals surface area (Å²) >= 11 is 0. The lowest BCUT2D eigenvalue weighted by atomic mass is 9.95. The third kappa shape index (κ3) is 2.57. The van der Waals surface area contributed by atoms with Gasteiger partial charge in [-0.2, -0.15) is 0 Å². The Morgan fingerprint density at radius 2 is 2.00 bits per heavy atom. The van der Waals surface area contributed by atoms with Gasteiger partial charge < -0.3 is 10.6 Å². The number of fused-ring (bicyclic) bond motifs is 1. The Hall–Kier alpha value is -1.06. The molecule has 2 fully saturated rings. The molecule has 0 saturated carbocycles. The van der Waals surface area contributed by atoms with Gasteiger partial charge in [-0.1, -0.05) is 24.6 Å². The van der Waals surface area contributed by atoms with E-state index >= 15 is 0 Å². The van der Waals surface area contributed by atoms with Crippen molar-refractivity contribution in [2.45, 2.75) is 51.2 Å². The van der Waals surface area contributed by atoms with E-state index in [-0.39, 0.29) is 6.04 Å². The van der Waals surface area contributed by atoms with Crippen LogP contribution < -0.4 is 10.6 Å². The molecule has 2 N–H and O–H groups in total. The maximum atomic E-state index is 6.16. The molecule has 2 aliphatic heterocycles. The smallest absolute Gasteiger partial charge is 0.0417 e. The number of piperazine rings is 1. The van der Waals surface area contributed by atoms with Crippen LogP contribution in [0.4, 0.5) is 5.69 Å². The van der Waals surface area contributed by atoms with E-state index in [1.165, 1.54) is 43.6 Å². The summed E-state index contributed by atoms with van der Waals surface area (Å²) in [6, 6.07) is 10.1. The Bertz CT molecular complexity index is 457. The molecular weight excluding hydrogens is 246 g/mol. The van der Waals surface area contributed by atoms with Crippen LogP contribution in [0.15, 0.2) is 24.3 Å². The molecule has 0 aliphatic carbocycles. The fraction of sp³-hybridized carbons (Fsp3) is 0.647. The molecule has 1 aromatic carbocycles. The molecule has 20 heavy (non-hydrogen) atoms. The van der Waals surface area contributed by atoms with Crippen molar-refractivity contribution >= 4 is 5.69 Å². The molecule has 0 radical (unpaired) electrons. The first-order valence-electron chi connectivity index (χ1n) is 8.02. The van der Waals surface area contributed by atoms with E-state index in [0.29, 0.717) is 6.04 Å². The summed E-state index contributed by atoms with van der Waals surface area (Å²) < 4.78 is 0. The predicted molar refractivity (Wildman–Crippen MR) is 85.1 cm³/mol. The molecule has 110 valence electrons. The van der Waals surface area contributed by atoms with Crippen molar-refractivity contribution in [2.24, 2.45) is 5.73 Å². The maximum Gasteiger partial charge on any atom is 0.0417 e. The van der Waals surface area contributed by atoms with Gasteiger partial charge in [0.1, 0.15) is 0 Å². The second-order valence-corrected chi connectivity index (χ2v) is 6.49. The highest BCUT2D eigenvalue weighted by Gasteiger charge is 2.33. The molecule has 2 saturated heterocycles. The highest BCUT2D eigenvalue weighted by atomic mass is 15.3. The average Bonchev–Trinajstić information content (AvgIpc) is 2.46. The van der Waals surface area contributed by atoms with Gasteiger partial charge in [-0.05, 0) is 44.9 Å². The van der Waals surface area contributed by atoms with Gasteiger partial charge in [-0.25, -0.2) is 0 Å². The van der Waals surface area contributed by atoms with Crippen molar-refractivity contribution in [1.29, 1.82) is 0 Å². The summed E-state index contributed by atoms with van der Waals surface area (Å²) in [5.74, 6) is 0. The van der Waals surface area contributed by atoms with Crippen molar-refractivity contribution in [3.63, 3.8) is 0 Å². The second-order valence-electron chi connectivity index (χ2n) is 6.49. The third-order valence-corrected chi connectivity index (χ3v) is 4.92. The van der Waals surface area contributed by atoms with Gasteiger partial charge in [0.05, 0.1) is 0 Å². The summed E-state index contributed by atoms with van der Waals surface area (Å²) in [6.07, 6.45) is 4.11. The third-order valence-electron chi connectivity index (χ3n) is 4.92. The first-order valence-corrected chi connectivity index (χ1v) is 8.02. The van der Waals surface area contributed by atoms with Gasteiger partial charge in [-0.15, -0.1) is 0 Å². The van der Waals surface area contributed by atoms with Crippen LogP contribution in [-0.4, -0.2) is 36.6 Å². The molecule has 3 rings (SSSR count). The quantitative estimate of drug-likeness (QED) is 0.899. The molecule has 0 bridgehead atoms. The monoisotopic (exact) mass is 273 g/mol. The van der Waals surface area contributed by atoms with Gasteiger partial charge >= 0.3 is 0 Å². The maximum absolute atomic E-state index is 6.16. The average molecular weight is 273 g/mol. The fourth-order valence-corrected chi connectivity index (χ4v) is 3.82. The van der Waals surface area contributed by atoms with Gasteiger partial charge in [0.2, 0.25) is 0 Å². The summed E-state index contributed by atoms with van der Waals surface area (Å²) in [5, 5.41) is 0. The lowest BCUT2D eigenvalue weighted by Crippen LogP contribution is -2.59. The van der Waals surface area contributed by atoms with Crippen molar-refractivity contribution in [3.8, 4) is 0 Å². The molecule has 3 nitrogen and oxygen atoms in total. The number of anilines is 1. The first kappa shape index (κ1) is 13.9. The molecule has 2 heterocycles. The number of benzene rings is 1. The van der Waals surface area contributed by atoms with E-state index in [2.05, 4.69) is 47.9 Å². The van der Waals surface area contributed by atoms with Crippen LogP contribution >= 0.6 is 0 Å². The standard InChI is InChI=1S/C17H27N3/c1-13-11-19-10-6-5-7-15(19)12-20(13)17-9-4-3-8-16(17)14(2)18/h3-4,8-9,13-15H,5-7,10-12,18H2,1-2H3. The highest BCUT2D eigenvalue weighted by Crippen LogP contribution is 2.32. The SMILES string of the molecule is CC(N)c1ccccc1N1CC2CCCCN2CC1C. The highest BCUT2D eigenvalue weighted by molar-refractivity contribution is 5.56. The van der Waals surface area contributed by atoms with Crippen LogP contribution in [0.5, 0.6) is 0 Å². The Balaban J connectivity index is 1.86. The topological polar surface area (TPSA) is 32.5 Å². The van der Waals surface area contributed by atoms with Gasteiger partial charge in [0, 0.05) is 36.9 Å². The summed E-state index contributed by atoms with van der Waals surface area (Å²) in [6.45, 7) is 8.07. The summed E-state index contributed by atoms with van der Waals surface area (Å²) in [4.78, 5) is 5.28. The van der Waals surface area contributed by atoms with E-state index in [9.17, 15) is 0 Å². The van der Waals surface area contributed by atoms with Crippen LogP contribution in [-0.2, 0) is 0 Å². The molecule has 2 aliphatic rings. The fourth-order valence-electron chi connectivity index (χ4n) is 3.82. The minimum atomic E-state index is 0.0998. The minimum absolute atomic E-state index is 0.0998. The van der Waals surface area contributed by atoms with Crippen molar-refractivity contribution < 1.29 is 0 Å². The zero-order valence-electron chi connectivity index (χ0n) is 12.8. The van der Waals surface area contributed by atoms with E-state index in [0.717, 1.165) is 12.6 Å². The molecule has 3 unspecified atom stereocenters. The molecule has 3 heteroatoms. The van der Waals surface area contributed by atoms with E-state index in [1.807, 2.05) is 0 Å². The van der Waals surface area contributed by atoms with Crippen molar-refractivity contribution in [2.75, 3.05) is 24.5 Å². The Kier molecular flexibility index (Phi) is 3.99. The lowest BCUT2D eigenvalue weighted by Gasteiger charge is -2.49. The van der Waals surface area contributed by atoms with Crippen molar-refractivity contribution in [3.05, 3.63) is 29.8 Å². The van der Waals surface area contributed by atoms with Crippen LogP contribution in [0.25, 0.3) is 0 Å².